The Hall–Kier alpha value is -2.41. The van der Waals surface area contributed by atoms with Gasteiger partial charge in [-0.2, -0.15) is 0 Å². The van der Waals surface area contributed by atoms with Crippen molar-refractivity contribution in [3.05, 3.63) is 24.3 Å². The number of rotatable bonds is 4. The Morgan fingerprint density at radius 3 is 2.43 bits per heavy atom. The van der Waals surface area contributed by atoms with Crippen molar-refractivity contribution < 1.29 is 19.7 Å². The van der Waals surface area contributed by atoms with Gasteiger partial charge in [0.25, 0.3) is 5.91 Å². The Labute approximate surface area is 122 Å². The second-order valence-corrected chi connectivity index (χ2v) is 4.93. The van der Waals surface area contributed by atoms with E-state index in [0.717, 1.165) is 6.54 Å². The van der Waals surface area contributed by atoms with Crippen LogP contribution in [0.5, 0.6) is 0 Å². The lowest BCUT2D eigenvalue weighted by molar-refractivity contribution is -0.678. The van der Waals surface area contributed by atoms with Gasteiger partial charge in [0.1, 0.15) is 0 Å². The van der Waals surface area contributed by atoms with Crippen molar-refractivity contribution in [2.45, 2.75) is 19.4 Å². The summed E-state index contributed by atoms with van der Waals surface area (Å²) in [6, 6.07) is 6.45. The second-order valence-electron chi connectivity index (χ2n) is 4.93. The van der Waals surface area contributed by atoms with E-state index in [0.29, 0.717) is 17.9 Å². The van der Waals surface area contributed by atoms with Gasteiger partial charge in [-0.3, -0.25) is 14.4 Å². The molecule has 1 aliphatic rings. The third-order valence-corrected chi connectivity index (χ3v) is 3.13. The summed E-state index contributed by atoms with van der Waals surface area (Å²) in [5, 5.41) is 10.00. The van der Waals surface area contributed by atoms with Crippen molar-refractivity contribution >= 4 is 29.1 Å². The summed E-state index contributed by atoms with van der Waals surface area (Å²) in [5.41, 5.74) is 1.30. The summed E-state index contributed by atoms with van der Waals surface area (Å²) < 4.78 is 0. The maximum absolute atomic E-state index is 11.9. The van der Waals surface area contributed by atoms with Crippen LogP contribution in [0.25, 0.3) is 0 Å². The van der Waals surface area contributed by atoms with Crippen LogP contribution in [-0.2, 0) is 14.4 Å². The van der Waals surface area contributed by atoms with E-state index in [1.165, 1.54) is 6.92 Å². The topological polar surface area (TPSA) is 104 Å². The van der Waals surface area contributed by atoms with Gasteiger partial charge in [-0.05, 0) is 24.3 Å². The molecule has 1 fully saturated rings. The van der Waals surface area contributed by atoms with Crippen LogP contribution in [0.3, 0.4) is 0 Å². The van der Waals surface area contributed by atoms with E-state index in [2.05, 4.69) is 16.0 Å². The highest BCUT2D eigenvalue weighted by molar-refractivity contribution is 5.95. The minimum absolute atomic E-state index is 0.0996. The van der Waals surface area contributed by atoms with Crippen LogP contribution >= 0.6 is 0 Å². The fraction of sp³-hybridized carbons (Fsp3) is 0.357. The molecule has 1 aromatic carbocycles. The number of hydrogen-bond acceptors (Lipinski definition) is 3. The molecule has 0 spiro atoms. The van der Waals surface area contributed by atoms with Gasteiger partial charge < -0.3 is 21.3 Å². The van der Waals surface area contributed by atoms with Crippen LogP contribution in [0.15, 0.2) is 24.3 Å². The Morgan fingerprint density at radius 1 is 1.24 bits per heavy atom. The van der Waals surface area contributed by atoms with Crippen molar-refractivity contribution in [1.82, 2.24) is 5.32 Å². The van der Waals surface area contributed by atoms with E-state index in [1.807, 2.05) is 5.32 Å². The molecule has 3 amide bonds. The maximum Gasteiger partial charge on any atom is 0.278 e. The average molecular weight is 291 g/mol. The number of amides is 3. The lowest BCUT2D eigenvalue weighted by atomic mass is 10.1. The molecule has 21 heavy (non-hydrogen) atoms. The molecule has 1 saturated heterocycles. The Bertz CT molecular complexity index is 542. The molecule has 1 atom stereocenters. The maximum atomic E-state index is 11.9. The SMILES string of the molecule is CC(=O)Nc1ccc(NC(=O)C[C@H]2[NH2+]CCNC2=O)cc1. The highest BCUT2D eigenvalue weighted by Gasteiger charge is 2.27. The molecule has 0 aliphatic carbocycles. The first-order chi connectivity index (χ1) is 10.0. The predicted octanol–water partition coefficient (Wildman–Crippen LogP) is -0.965. The van der Waals surface area contributed by atoms with Crippen LogP contribution in [0, 0.1) is 0 Å². The number of carbonyl (C=O) groups excluding carboxylic acids is 3. The number of anilines is 2. The number of piperazine rings is 1. The zero-order valence-corrected chi connectivity index (χ0v) is 11.8. The molecule has 0 unspecified atom stereocenters. The van der Waals surface area contributed by atoms with Crippen molar-refractivity contribution in [3.8, 4) is 0 Å². The van der Waals surface area contributed by atoms with Crippen molar-refractivity contribution in [1.29, 1.82) is 0 Å². The first-order valence-electron chi connectivity index (χ1n) is 6.83. The molecule has 112 valence electrons. The van der Waals surface area contributed by atoms with E-state index in [1.54, 1.807) is 24.3 Å². The number of carbonyl (C=O) groups is 3. The summed E-state index contributed by atoms with van der Waals surface area (Å²) in [5.74, 6) is -0.455. The quantitative estimate of drug-likeness (QED) is 0.574. The van der Waals surface area contributed by atoms with E-state index in [-0.39, 0.29) is 30.2 Å². The van der Waals surface area contributed by atoms with Gasteiger partial charge in [-0.25, -0.2) is 0 Å². The standard InChI is InChI=1S/C14H18N4O3/c1-9(19)17-10-2-4-11(5-3-10)18-13(20)8-12-14(21)16-7-6-15-12/h2-5,12,15H,6-8H2,1H3,(H,16,21)(H,17,19)(H,18,20)/p+1/t12-/m1/s1. The fourth-order valence-corrected chi connectivity index (χ4v) is 2.15. The molecule has 5 N–H and O–H groups in total. The van der Waals surface area contributed by atoms with E-state index in [4.69, 9.17) is 0 Å². The zero-order valence-electron chi connectivity index (χ0n) is 11.8. The minimum atomic E-state index is -0.364. The lowest BCUT2D eigenvalue weighted by Crippen LogP contribution is -2.96. The summed E-state index contributed by atoms with van der Waals surface area (Å²) in [4.78, 5) is 34.4. The van der Waals surface area contributed by atoms with Crippen LogP contribution in [0.4, 0.5) is 11.4 Å². The molecule has 1 aliphatic heterocycles. The summed E-state index contributed by atoms with van der Waals surface area (Å²) >= 11 is 0. The largest absolute Gasteiger partial charge is 0.345 e. The van der Waals surface area contributed by atoms with Gasteiger partial charge in [-0.1, -0.05) is 0 Å². The summed E-state index contributed by atoms with van der Waals surface area (Å²) in [7, 11) is 0. The van der Waals surface area contributed by atoms with Gasteiger partial charge in [0.05, 0.1) is 19.5 Å². The highest BCUT2D eigenvalue weighted by atomic mass is 16.2. The second kappa shape index (κ2) is 6.85. The van der Waals surface area contributed by atoms with Crippen LogP contribution < -0.4 is 21.3 Å². The molecule has 0 radical (unpaired) electrons. The molecule has 1 aromatic rings. The molecular weight excluding hydrogens is 272 g/mol. The molecule has 0 aromatic heterocycles. The molecule has 2 rings (SSSR count). The first-order valence-corrected chi connectivity index (χ1v) is 6.83. The van der Waals surface area contributed by atoms with Crippen LogP contribution in [0.1, 0.15) is 13.3 Å². The third-order valence-electron chi connectivity index (χ3n) is 3.13. The summed E-state index contributed by atoms with van der Waals surface area (Å²) in [6.45, 7) is 2.86. The number of benzene rings is 1. The van der Waals surface area contributed by atoms with Crippen LogP contribution in [0.2, 0.25) is 0 Å². The van der Waals surface area contributed by atoms with Crippen LogP contribution in [-0.4, -0.2) is 36.9 Å². The lowest BCUT2D eigenvalue weighted by Gasteiger charge is -2.19. The fourth-order valence-electron chi connectivity index (χ4n) is 2.15. The average Bonchev–Trinajstić information content (AvgIpc) is 2.43. The molecule has 7 heteroatoms. The van der Waals surface area contributed by atoms with Gasteiger partial charge in [0.15, 0.2) is 6.04 Å². The zero-order chi connectivity index (χ0) is 15.2. The molecule has 1 heterocycles. The predicted molar refractivity (Wildman–Crippen MR) is 77.6 cm³/mol. The Kier molecular flexibility index (Phi) is 4.89. The highest BCUT2D eigenvalue weighted by Crippen LogP contribution is 2.13. The molecule has 0 saturated carbocycles. The number of nitrogens with two attached hydrogens (primary N) is 1. The Balaban J connectivity index is 1.87. The van der Waals surface area contributed by atoms with E-state index >= 15 is 0 Å². The Morgan fingerprint density at radius 2 is 1.86 bits per heavy atom. The van der Waals surface area contributed by atoms with E-state index < -0.39 is 0 Å². The first kappa shape index (κ1) is 15.0. The van der Waals surface area contributed by atoms with Crippen molar-refractivity contribution in [3.63, 3.8) is 0 Å². The molecule has 0 bridgehead atoms. The van der Waals surface area contributed by atoms with Gasteiger partial charge in [-0.15, -0.1) is 0 Å². The normalized spacial score (nSPS) is 17.8. The summed E-state index contributed by atoms with van der Waals surface area (Å²) in [6.07, 6.45) is 0.138. The molecule has 7 nitrogen and oxygen atoms in total. The van der Waals surface area contributed by atoms with Gasteiger partial charge >= 0.3 is 0 Å². The number of hydrogen-bond donors (Lipinski definition) is 4. The van der Waals surface area contributed by atoms with Crippen molar-refractivity contribution in [2.75, 3.05) is 23.7 Å². The van der Waals surface area contributed by atoms with Gasteiger partial charge in [0, 0.05) is 18.3 Å². The minimum Gasteiger partial charge on any atom is -0.345 e. The van der Waals surface area contributed by atoms with E-state index in [9.17, 15) is 14.4 Å². The number of nitrogens with one attached hydrogen (secondary N) is 3. The molecular formula is C14H19N4O3+. The van der Waals surface area contributed by atoms with Crippen molar-refractivity contribution in [2.24, 2.45) is 0 Å². The van der Waals surface area contributed by atoms with Gasteiger partial charge in [0.2, 0.25) is 11.8 Å². The third kappa shape index (κ3) is 4.57. The monoisotopic (exact) mass is 291 g/mol. The number of quaternary nitrogens is 1. The smallest absolute Gasteiger partial charge is 0.278 e.